The van der Waals surface area contributed by atoms with E-state index in [-0.39, 0.29) is 6.04 Å². The predicted octanol–water partition coefficient (Wildman–Crippen LogP) is 4.21. The molecule has 1 fully saturated rings. The molecule has 0 saturated carbocycles. The summed E-state index contributed by atoms with van der Waals surface area (Å²) in [6, 6.07) is 21.6. The first-order valence-corrected chi connectivity index (χ1v) is 8.86. The van der Waals surface area contributed by atoms with Crippen molar-refractivity contribution in [2.45, 2.75) is 19.5 Å². The molecule has 0 aromatic heterocycles. The minimum Gasteiger partial charge on any atom is -0.399 e. The summed E-state index contributed by atoms with van der Waals surface area (Å²) in [6.45, 7) is 4.57. The van der Waals surface area contributed by atoms with Crippen LogP contribution in [0.4, 0.5) is 5.69 Å². The van der Waals surface area contributed by atoms with Gasteiger partial charge in [0.2, 0.25) is 0 Å². The van der Waals surface area contributed by atoms with E-state index in [1.807, 2.05) is 6.07 Å². The second kappa shape index (κ2) is 6.87. The Bertz CT molecular complexity index is 881. The van der Waals surface area contributed by atoms with Gasteiger partial charge in [-0.05, 0) is 46.5 Å². The molecule has 3 aromatic carbocycles. The monoisotopic (exact) mass is 332 g/mol. The van der Waals surface area contributed by atoms with E-state index in [1.54, 1.807) is 0 Å². The van der Waals surface area contributed by atoms with Gasteiger partial charge in [0.15, 0.2) is 0 Å². The largest absolute Gasteiger partial charge is 0.399 e. The lowest BCUT2D eigenvalue weighted by Gasteiger charge is -2.35. The molecule has 4 rings (SSSR count). The molecule has 25 heavy (non-hydrogen) atoms. The molecule has 0 radical (unpaired) electrons. The Kier molecular flexibility index (Phi) is 4.43. The highest BCUT2D eigenvalue weighted by atomic mass is 16.5. The minimum atomic E-state index is 0.278. The molecule has 128 valence electrons. The van der Waals surface area contributed by atoms with Crippen molar-refractivity contribution in [2.75, 3.05) is 18.9 Å². The first-order chi connectivity index (χ1) is 12.2. The summed E-state index contributed by atoms with van der Waals surface area (Å²) in [6.07, 6.45) is 0. The SMILES string of the molecule is Cc1ccc(N)cc1CNC(c1cccc2ccccc12)C1COC1. The van der Waals surface area contributed by atoms with Crippen molar-refractivity contribution in [3.63, 3.8) is 0 Å². The molecule has 3 N–H and O–H groups in total. The highest BCUT2D eigenvalue weighted by molar-refractivity contribution is 5.86. The van der Waals surface area contributed by atoms with Crippen molar-refractivity contribution in [1.82, 2.24) is 5.32 Å². The number of fused-ring (bicyclic) bond motifs is 1. The van der Waals surface area contributed by atoms with Crippen molar-refractivity contribution in [3.05, 3.63) is 77.4 Å². The summed E-state index contributed by atoms with van der Waals surface area (Å²) in [5, 5.41) is 6.38. The van der Waals surface area contributed by atoms with Crippen LogP contribution < -0.4 is 11.1 Å². The molecule has 1 aliphatic rings. The Morgan fingerprint density at radius 3 is 2.68 bits per heavy atom. The molecular formula is C22H24N2O. The molecule has 1 aliphatic heterocycles. The standard InChI is InChI=1S/C22H24N2O/c1-15-9-10-19(23)11-17(15)12-24-22(18-13-25-14-18)21-8-4-6-16-5-2-3-7-20(16)21/h2-11,18,22,24H,12-14,23H2,1H3. The van der Waals surface area contributed by atoms with Gasteiger partial charge in [0.25, 0.3) is 0 Å². The topological polar surface area (TPSA) is 47.3 Å². The zero-order chi connectivity index (χ0) is 17.2. The summed E-state index contributed by atoms with van der Waals surface area (Å²) in [4.78, 5) is 0. The summed E-state index contributed by atoms with van der Waals surface area (Å²) in [7, 11) is 0. The van der Waals surface area contributed by atoms with Gasteiger partial charge in [0, 0.05) is 24.2 Å². The van der Waals surface area contributed by atoms with Crippen molar-refractivity contribution in [2.24, 2.45) is 5.92 Å². The van der Waals surface area contributed by atoms with Crippen molar-refractivity contribution < 1.29 is 4.74 Å². The Hall–Kier alpha value is -2.36. The smallest absolute Gasteiger partial charge is 0.0534 e. The van der Waals surface area contributed by atoms with Gasteiger partial charge >= 0.3 is 0 Å². The van der Waals surface area contributed by atoms with Crippen molar-refractivity contribution >= 4 is 16.5 Å². The molecule has 0 spiro atoms. The molecule has 3 nitrogen and oxygen atoms in total. The van der Waals surface area contributed by atoms with Crippen LogP contribution in [0.2, 0.25) is 0 Å². The van der Waals surface area contributed by atoms with Gasteiger partial charge in [-0.3, -0.25) is 0 Å². The number of anilines is 1. The van der Waals surface area contributed by atoms with Gasteiger partial charge in [-0.2, -0.15) is 0 Å². The highest BCUT2D eigenvalue weighted by Gasteiger charge is 2.30. The van der Waals surface area contributed by atoms with Crippen LogP contribution in [-0.4, -0.2) is 13.2 Å². The second-order valence-corrected chi connectivity index (χ2v) is 6.91. The van der Waals surface area contributed by atoms with Gasteiger partial charge in [-0.1, -0.05) is 48.5 Å². The Morgan fingerprint density at radius 2 is 1.88 bits per heavy atom. The van der Waals surface area contributed by atoms with Crippen LogP contribution in [0.5, 0.6) is 0 Å². The molecule has 1 atom stereocenters. The lowest BCUT2D eigenvalue weighted by atomic mass is 9.88. The van der Waals surface area contributed by atoms with Crippen LogP contribution in [0.1, 0.15) is 22.7 Å². The van der Waals surface area contributed by atoms with Gasteiger partial charge in [-0.15, -0.1) is 0 Å². The zero-order valence-corrected chi connectivity index (χ0v) is 14.5. The first kappa shape index (κ1) is 16.1. The maximum atomic E-state index is 5.97. The number of hydrogen-bond acceptors (Lipinski definition) is 3. The number of nitrogens with one attached hydrogen (secondary N) is 1. The third-order valence-electron chi connectivity index (χ3n) is 5.18. The number of hydrogen-bond donors (Lipinski definition) is 2. The summed E-state index contributed by atoms with van der Waals surface area (Å²) < 4.78 is 5.48. The predicted molar refractivity (Wildman–Crippen MR) is 103 cm³/mol. The molecule has 0 bridgehead atoms. The molecule has 3 aromatic rings. The Labute approximate surface area is 148 Å². The molecular weight excluding hydrogens is 308 g/mol. The highest BCUT2D eigenvalue weighted by Crippen LogP contribution is 2.33. The maximum absolute atomic E-state index is 5.97. The summed E-state index contributed by atoms with van der Waals surface area (Å²) in [5.74, 6) is 0.507. The van der Waals surface area contributed by atoms with Gasteiger partial charge in [0.05, 0.1) is 13.2 Å². The van der Waals surface area contributed by atoms with Crippen LogP contribution in [0.3, 0.4) is 0 Å². The minimum absolute atomic E-state index is 0.278. The van der Waals surface area contributed by atoms with Crippen LogP contribution in [0, 0.1) is 12.8 Å². The van der Waals surface area contributed by atoms with Crippen LogP contribution in [0.25, 0.3) is 10.8 Å². The first-order valence-electron chi connectivity index (χ1n) is 8.86. The van der Waals surface area contributed by atoms with Crippen LogP contribution in [-0.2, 0) is 11.3 Å². The van der Waals surface area contributed by atoms with E-state index in [4.69, 9.17) is 10.5 Å². The molecule has 1 heterocycles. The quantitative estimate of drug-likeness (QED) is 0.688. The number of aryl methyl sites for hydroxylation is 1. The third-order valence-corrected chi connectivity index (χ3v) is 5.18. The normalized spacial score (nSPS) is 15.9. The number of benzene rings is 3. The van der Waals surface area contributed by atoms with E-state index in [0.717, 1.165) is 25.4 Å². The van der Waals surface area contributed by atoms with Gasteiger partial charge < -0.3 is 15.8 Å². The number of rotatable bonds is 5. The average Bonchev–Trinajstić information content (AvgIpc) is 2.59. The van der Waals surface area contributed by atoms with Crippen LogP contribution >= 0.6 is 0 Å². The third kappa shape index (κ3) is 3.26. The number of nitrogens with two attached hydrogens (primary N) is 1. The molecule has 3 heteroatoms. The van der Waals surface area contributed by atoms with E-state index in [0.29, 0.717) is 5.92 Å². The molecule has 1 unspecified atom stereocenters. The number of ether oxygens (including phenoxy) is 1. The Morgan fingerprint density at radius 1 is 1.08 bits per heavy atom. The fourth-order valence-electron chi connectivity index (χ4n) is 3.60. The van der Waals surface area contributed by atoms with E-state index in [2.05, 4.69) is 66.8 Å². The lowest BCUT2D eigenvalue weighted by molar-refractivity contribution is -0.0504. The fraction of sp³-hybridized carbons (Fsp3) is 0.273. The van der Waals surface area contributed by atoms with Crippen molar-refractivity contribution in [3.8, 4) is 0 Å². The van der Waals surface area contributed by atoms with Gasteiger partial charge in [0.1, 0.15) is 0 Å². The number of nitrogen functional groups attached to an aromatic ring is 1. The maximum Gasteiger partial charge on any atom is 0.0534 e. The molecule has 0 amide bonds. The van der Waals surface area contributed by atoms with E-state index in [9.17, 15) is 0 Å². The lowest BCUT2D eigenvalue weighted by Crippen LogP contribution is -2.40. The Balaban J connectivity index is 1.65. The summed E-state index contributed by atoms with van der Waals surface area (Å²) in [5.41, 5.74) is 10.7. The van der Waals surface area contributed by atoms with Gasteiger partial charge in [-0.25, -0.2) is 0 Å². The van der Waals surface area contributed by atoms with E-state index in [1.165, 1.54) is 27.5 Å². The molecule has 1 saturated heterocycles. The zero-order valence-electron chi connectivity index (χ0n) is 14.5. The van der Waals surface area contributed by atoms with E-state index >= 15 is 0 Å². The second-order valence-electron chi connectivity index (χ2n) is 6.91. The van der Waals surface area contributed by atoms with E-state index < -0.39 is 0 Å². The summed E-state index contributed by atoms with van der Waals surface area (Å²) >= 11 is 0. The van der Waals surface area contributed by atoms with Crippen molar-refractivity contribution in [1.29, 1.82) is 0 Å². The average molecular weight is 332 g/mol. The fourth-order valence-corrected chi connectivity index (χ4v) is 3.60. The molecule has 0 aliphatic carbocycles. The van der Waals surface area contributed by atoms with Crippen LogP contribution in [0.15, 0.2) is 60.7 Å².